The summed E-state index contributed by atoms with van der Waals surface area (Å²) in [5, 5.41) is 12.2. The molecular weight excluding hydrogens is 352 g/mol. The summed E-state index contributed by atoms with van der Waals surface area (Å²) in [5.41, 5.74) is 0. The predicted octanol–water partition coefficient (Wildman–Crippen LogP) is 7.14. The maximum absolute atomic E-state index is 11.5. The highest BCUT2D eigenvalue weighted by molar-refractivity contribution is 5.79. The molecule has 0 spiro atoms. The van der Waals surface area contributed by atoms with Crippen LogP contribution in [-0.2, 0) is 0 Å². The van der Waals surface area contributed by atoms with Crippen molar-refractivity contribution in [2.75, 3.05) is 13.1 Å². The molecule has 6 nitrogen and oxygen atoms in total. The van der Waals surface area contributed by atoms with E-state index in [0.29, 0.717) is 13.1 Å². The van der Waals surface area contributed by atoms with E-state index in [4.69, 9.17) is 0 Å². The summed E-state index contributed by atoms with van der Waals surface area (Å²) in [6.45, 7) is 5.63. The van der Waals surface area contributed by atoms with Crippen LogP contribution < -0.4 is 10.6 Å². The van der Waals surface area contributed by atoms with Crippen molar-refractivity contribution in [3.05, 3.63) is 0 Å². The van der Waals surface area contributed by atoms with Gasteiger partial charge in [-0.15, -0.1) is 0 Å². The van der Waals surface area contributed by atoms with E-state index >= 15 is 0 Å². The third kappa shape index (κ3) is 20.8. The molecule has 0 aliphatic carbocycles. The van der Waals surface area contributed by atoms with Gasteiger partial charge in [-0.3, -0.25) is 0 Å². The van der Waals surface area contributed by atoms with Crippen molar-refractivity contribution >= 4 is 12.1 Å². The zero-order chi connectivity index (χ0) is 20.7. The quantitative estimate of drug-likeness (QED) is 0.191. The van der Waals surface area contributed by atoms with Crippen LogP contribution in [-0.4, -0.2) is 25.2 Å². The Kier molecular flexibility index (Phi) is 20.7. The Morgan fingerprint density at radius 1 is 0.500 bits per heavy atom. The fraction of sp³-hybridized carbons (Fsp3) is 0.909. The molecule has 0 saturated heterocycles. The smallest absolute Gasteiger partial charge is 0.335 e. The molecule has 6 heteroatoms. The average Bonchev–Trinajstić information content (AvgIpc) is 2.69. The molecule has 0 rings (SSSR count). The molecule has 0 aliphatic heterocycles. The summed E-state index contributed by atoms with van der Waals surface area (Å²) in [6, 6.07) is -1.07. The summed E-state index contributed by atoms with van der Waals surface area (Å²) in [6.07, 6.45) is 19.6. The van der Waals surface area contributed by atoms with Crippen molar-refractivity contribution in [2.45, 2.75) is 117 Å². The summed E-state index contributed by atoms with van der Waals surface area (Å²) in [7, 11) is 0. The third-order valence-corrected chi connectivity index (χ3v) is 4.84. The van der Waals surface area contributed by atoms with Gasteiger partial charge in [-0.2, -0.15) is 0 Å². The molecule has 0 saturated carbocycles. The first-order valence-electron chi connectivity index (χ1n) is 11.7. The monoisotopic (exact) mass is 396 g/mol. The fourth-order valence-corrected chi connectivity index (χ4v) is 3.07. The largest absolute Gasteiger partial charge is 0.359 e. The first-order valence-corrected chi connectivity index (χ1v) is 11.7. The van der Waals surface area contributed by atoms with Gasteiger partial charge >= 0.3 is 12.1 Å². The second-order valence-corrected chi connectivity index (χ2v) is 7.61. The van der Waals surface area contributed by atoms with Crippen molar-refractivity contribution in [2.24, 2.45) is 10.2 Å². The Labute approximate surface area is 172 Å². The van der Waals surface area contributed by atoms with Gasteiger partial charge in [0.1, 0.15) is 0 Å². The van der Waals surface area contributed by atoms with E-state index in [-0.39, 0.29) is 0 Å². The zero-order valence-electron chi connectivity index (χ0n) is 18.4. The predicted molar refractivity (Wildman–Crippen MR) is 117 cm³/mol. The number of hydrogen-bond donors (Lipinski definition) is 2. The van der Waals surface area contributed by atoms with Gasteiger partial charge < -0.3 is 10.6 Å². The third-order valence-electron chi connectivity index (χ3n) is 4.84. The van der Waals surface area contributed by atoms with Gasteiger partial charge in [0.25, 0.3) is 0 Å². The highest BCUT2D eigenvalue weighted by Crippen LogP contribution is 2.08. The second-order valence-electron chi connectivity index (χ2n) is 7.61. The molecule has 4 amide bonds. The first-order chi connectivity index (χ1) is 13.7. The number of nitrogens with one attached hydrogen (secondary N) is 2. The Hall–Kier alpha value is -1.46. The molecule has 0 unspecified atom stereocenters. The van der Waals surface area contributed by atoms with Crippen LogP contribution in [0.25, 0.3) is 0 Å². The van der Waals surface area contributed by atoms with Crippen LogP contribution in [0.4, 0.5) is 9.59 Å². The average molecular weight is 397 g/mol. The molecular formula is C22H44N4O2. The maximum Gasteiger partial charge on any atom is 0.359 e. The summed E-state index contributed by atoms with van der Waals surface area (Å²) in [5.74, 6) is 0. The van der Waals surface area contributed by atoms with E-state index in [1.807, 2.05) is 0 Å². The number of unbranched alkanes of at least 4 members (excludes halogenated alkanes) is 14. The molecule has 0 aliphatic rings. The van der Waals surface area contributed by atoms with Crippen LogP contribution in [0.5, 0.6) is 0 Å². The number of azo groups is 1. The molecule has 28 heavy (non-hydrogen) atoms. The highest BCUT2D eigenvalue weighted by Gasteiger charge is 2.01. The van der Waals surface area contributed by atoms with Crippen molar-refractivity contribution in [1.29, 1.82) is 0 Å². The van der Waals surface area contributed by atoms with E-state index < -0.39 is 12.1 Å². The number of hydrogen-bond acceptors (Lipinski definition) is 2. The number of amides is 4. The number of urea groups is 2. The van der Waals surface area contributed by atoms with Crippen LogP contribution in [0.2, 0.25) is 0 Å². The van der Waals surface area contributed by atoms with E-state index in [2.05, 4.69) is 34.7 Å². The van der Waals surface area contributed by atoms with Crippen LogP contribution in [0.1, 0.15) is 117 Å². The lowest BCUT2D eigenvalue weighted by atomic mass is 10.1. The first kappa shape index (κ1) is 26.5. The van der Waals surface area contributed by atoms with Gasteiger partial charge in [0, 0.05) is 13.1 Å². The standard InChI is InChI=1S/C22H44N4O2/c1-3-5-7-9-11-13-15-17-19-23-21(27)25-26-22(28)24-20-18-16-14-12-10-8-6-4-2/h3-20H2,1-2H3,(H,23,27)(H,24,28). The zero-order valence-corrected chi connectivity index (χ0v) is 18.4. The van der Waals surface area contributed by atoms with Crippen LogP contribution in [0.3, 0.4) is 0 Å². The van der Waals surface area contributed by atoms with E-state index in [1.165, 1.54) is 77.0 Å². The maximum atomic E-state index is 11.5. The minimum atomic E-state index is -0.537. The number of carbonyl (C=O) groups is 2. The number of nitrogens with zero attached hydrogens (tertiary/aromatic N) is 2. The van der Waals surface area contributed by atoms with Gasteiger partial charge in [-0.1, -0.05) is 114 Å². The summed E-state index contributed by atoms with van der Waals surface area (Å²) < 4.78 is 0. The van der Waals surface area contributed by atoms with Crippen molar-refractivity contribution in [1.82, 2.24) is 10.6 Å². The topological polar surface area (TPSA) is 82.9 Å². The molecule has 164 valence electrons. The lowest BCUT2D eigenvalue weighted by Crippen LogP contribution is -2.23. The normalized spacial score (nSPS) is 11.1. The molecule has 0 aromatic heterocycles. The van der Waals surface area contributed by atoms with Crippen molar-refractivity contribution in [3.63, 3.8) is 0 Å². The Morgan fingerprint density at radius 3 is 1.11 bits per heavy atom. The second kappa shape index (κ2) is 21.8. The van der Waals surface area contributed by atoms with Crippen LogP contribution in [0.15, 0.2) is 10.2 Å². The fourth-order valence-electron chi connectivity index (χ4n) is 3.07. The lowest BCUT2D eigenvalue weighted by molar-refractivity contribution is 0.241. The van der Waals surface area contributed by atoms with Gasteiger partial charge in [-0.25, -0.2) is 9.59 Å². The SMILES string of the molecule is CCCCCCCCCCNC(=O)N=NC(=O)NCCCCCCCCCC. The lowest BCUT2D eigenvalue weighted by Gasteiger charge is -2.03. The van der Waals surface area contributed by atoms with Gasteiger partial charge in [0.15, 0.2) is 0 Å². The van der Waals surface area contributed by atoms with Crippen LogP contribution in [0, 0.1) is 0 Å². The van der Waals surface area contributed by atoms with Gasteiger partial charge in [-0.05, 0) is 12.8 Å². The Bertz CT molecular complexity index is 364. The molecule has 0 aromatic rings. The molecule has 0 fully saturated rings. The molecule has 0 aromatic carbocycles. The Morgan fingerprint density at radius 2 is 0.786 bits per heavy atom. The van der Waals surface area contributed by atoms with Crippen molar-refractivity contribution in [3.8, 4) is 0 Å². The number of carbonyl (C=O) groups excluding carboxylic acids is 2. The molecule has 0 radical (unpaired) electrons. The molecule has 2 N–H and O–H groups in total. The minimum Gasteiger partial charge on any atom is -0.335 e. The van der Waals surface area contributed by atoms with Crippen LogP contribution >= 0.6 is 0 Å². The Balaban J connectivity index is 3.43. The summed E-state index contributed by atoms with van der Waals surface area (Å²) >= 11 is 0. The van der Waals surface area contributed by atoms with Gasteiger partial charge in [0.05, 0.1) is 0 Å². The van der Waals surface area contributed by atoms with E-state index in [9.17, 15) is 9.59 Å². The molecule has 0 atom stereocenters. The van der Waals surface area contributed by atoms with Crippen molar-refractivity contribution < 1.29 is 9.59 Å². The number of rotatable bonds is 18. The molecule has 0 bridgehead atoms. The van der Waals surface area contributed by atoms with E-state index in [1.54, 1.807) is 0 Å². The summed E-state index contributed by atoms with van der Waals surface area (Å²) in [4.78, 5) is 23.1. The highest BCUT2D eigenvalue weighted by atomic mass is 16.2. The minimum absolute atomic E-state index is 0.537. The van der Waals surface area contributed by atoms with Gasteiger partial charge in [0.2, 0.25) is 0 Å². The molecule has 0 heterocycles. The van der Waals surface area contributed by atoms with E-state index in [0.717, 1.165) is 25.7 Å².